The first kappa shape index (κ1) is 14.2. The van der Waals surface area contributed by atoms with Crippen LogP contribution in [0.3, 0.4) is 0 Å². The summed E-state index contributed by atoms with van der Waals surface area (Å²) in [6, 6.07) is 2.42. The lowest BCUT2D eigenvalue weighted by atomic mass is 10.2. The molecule has 2 rings (SSSR count). The Hall–Kier alpha value is -2.18. The van der Waals surface area contributed by atoms with Crippen molar-refractivity contribution in [2.45, 2.75) is 18.9 Å². The van der Waals surface area contributed by atoms with Crippen LogP contribution in [0.2, 0.25) is 0 Å². The number of halogens is 2. The van der Waals surface area contributed by atoms with Crippen LogP contribution in [0.4, 0.5) is 19.3 Å². The molecule has 0 spiro atoms. The summed E-state index contributed by atoms with van der Waals surface area (Å²) in [7, 11) is 1.24. The van der Waals surface area contributed by atoms with Crippen molar-refractivity contribution in [2.75, 3.05) is 19.0 Å². The average molecular weight is 284 g/mol. The minimum Gasteiger partial charge on any atom is -0.453 e. The Bertz CT molecular complexity index is 536. The monoisotopic (exact) mass is 284 g/mol. The molecule has 1 aromatic carbocycles. The molecule has 20 heavy (non-hydrogen) atoms. The molecule has 0 saturated carbocycles. The van der Waals surface area contributed by atoms with Crippen LogP contribution in [0.15, 0.2) is 18.2 Å². The summed E-state index contributed by atoms with van der Waals surface area (Å²) >= 11 is 0. The number of nitrogens with one attached hydrogen (secondary N) is 1. The molecule has 0 bridgehead atoms. The van der Waals surface area contributed by atoms with E-state index >= 15 is 0 Å². The fourth-order valence-electron chi connectivity index (χ4n) is 2.17. The van der Waals surface area contributed by atoms with Crippen LogP contribution in [0.1, 0.15) is 12.8 Å². The van der Waals surface area contributed by atoms with E-state index in [4.69, 9.17) is 0 Å². The lowest BCUT2D eigenvalue weighted by Crippen LogP contribution is -2.43. The Morgan fingerprint density at radius 2 is 2.10 bits per heavy atom. The number of hydrogen-bond donors (Lipinski definition) is 1. The second-order valence-electron chi connectivity index (χ2n) is 4.44. The standard InChI is InChI=1S/C13H14F2N2O3/c1-20-13(19)17-6-2-3-11(17)12(18)16-8-4-5-9(14)10(15)7-8/h4-5,7,11H,2-3,6H2,1H3,(H,16,18). The Balaban J connectivity index is 2.07. The van der Waals surface area contributed by atoms with Gasteiger partial charge in [-0.3, -0.25) is 9.69 Å². The third-order valence-electron chi connectivity index (χ3n) is 3.15. The van der Waals surface area contributed by atoms with Crippen LogP contribution < -0.4 is 5.32 Å². The molecular formula is C13H14F2N2O3. The van der Waals surface area contributed by atoms with E-state index in [1.165, 1.54) is 18.1 Å². The highest BCUT2D eigenvalue weighted by Crippen LogP contribution is 2.20. The molecule has 0 radical (unpaired) electrons. The zero-order valence-electron chi connectivity index (χ0n) is 10.9. The molecule has 0 aliphatic carbocycles. The maximum Gasteiger partial charge on any atom is 0.410 e. The number of likely N-dealkylation sites (tertiary alicyclic amines) is 1. The number of anilines is 1. The quantitative estimate of drug-likeness (QED) is 0.905. The van der Waals surface area contributed by atoms with Crippen LogP contribution in [-0.4, -0.2) is 36.6 Å². The van der Waals surface area contributed by atoms with Crippen molar-refractivity contribution in [2.24, 2.45) is 0 Å². The molecule has 1 fully saturated rings. The van der Waals surface area contributed by atoms with Crippen molar-refractivity contribution in [3.8, 4) is 0 Å². The lowest BCUT2D eigenvalue weighted by molar-refractivity contribution is -0.119. The number of carbonyl (C=O) groups is 2. The van der Waals surface area contributed by atoms with Gasteiger partial charge in [0, 0.05) is 18.3 Å². The Labute approximate surface area is 114 Å². The molecule has 2 amide bonds. The second-order valence-corrected chi connectivity index (χ2v) is 4.44. The predicted molar refractivity (Wildman–Crippen MR) is 67.1 cm³/mol. The summed E-state index contributed by atoms with van der Waals surface area (Å²) in [6.45, 7) is 0.433. The fraction of sp³-hybridized carbons (Fsp3) is 0.385. The number of hydrogen-bond acceptors (Lipinski definition) is 3. The molecule has 1 aliphatic heterocycles. The third kappa shape index (κ3) is 2.87. The summed E-state index contributed by atoms with van der Waals surface area (Å²) < 4.78 is 30.4. The number of rotatable bonds is 2. The van der Waals surface area contributed by atoms with Crippen molar-refractivity contribution in [1.29, 1.82) is 0 Å². The van der Waals surface area contributed by atoms with Crippen molar-refractivity contribution >= 4 is 17.7 Å². The minimum atomic E-state index is -1.04. The maximum absolute atomic E-state index is 13.1. The summed E-state index contributed by atoms with van der Waals surface area (Å²) in [6.07, 6.45) is 0.614. The molecule has 7 heteroatoms. The number of methoxy groups -OCH3 is 1. The van der Waals surface area contributed by atoms with Crippen molar-refractivity contribution in [3.05, 3.63) is 29.8 Å². The zero-order chi connectivity index (χ0) is 14.7. The summed E-state index contributed by atoms with van der Waals surface area (Å²) in [5.41, 5.74) is 0.144. The SMILES string of the molecule is COC(=O)N1CCCC1C(=O)Nc1ccc(F)c(F)c1. The zero-order valence-corrected chi connectivity index (χ0v) is 10.9. The second kappa shape index (κ2) is 5.85. The molecule has 1 unspecified atom stereocenters. The van der Waals surface area contributed by atoms with Gasteiger partial charge >= 0.3 is 6.09 Å². The normalized spacial score (nSPS) is 17.9. The first-order valence-corrected chi connectivity index (χ1v) is 6.13. The Kier molecular flexibility index (Phi) is 4.16. The molecule has 1 atom stereocenters. The van der Waals surface area contributed by atoms with Crippen LogP contribution >= 0.6 is 0 Å². The van der Waals surface area contributed by atoms with Gasteiger partial charge in [0.15, 0.2) is 11.6 Å². The van der Waals surface area contributed by atoms with E-state index in [-0.39, 0.29) is 5.69 Å². The summed E-state index contributed by atoms with van der Waals surface area (Å²) in [4.78, 5) is 24.9. The van der Waals surface area contributed by atoms with Gasteiger partial charge in [-0.15, -0.1) is 0 Å². The van der Waals surface area contributed by atoms with Gasteiger partial charge in [0.25, 0.3) is 0 Å². The van der Waals surface area contributed by atoms with Gasteiger partial charge in [0.1, 0.15) is 6.04 Å². The molecule has 1 aliphatic rings. The third-order valence-corrected chi connectivity index (χ3v) is 3.15. The van der Waals surface area contributed by atoms with E-state index in [2.05, 4.69) is 10.1 Å². The van der Waals surface area contributed by atoms with E-state index in [0.29, 0.717) is 19.4 Å². The van der Waals surface area contributed by atoms with Gasteiger partial charge in [-0.2, -0.15) is 0 Å². The van der Waals surface area contributed by atoms with Gasteiger partial charge in [0.05, 0.1) is 7.11 Å². The van der Waals surface area contributed by atoms with E-state index < -0.39 is 29.7 Å². The van der Waals surface area contributed by atoms with Crippen LogP contribution in [-0.2, 0) is 9.53 Å². The minimum absolute atomic E-state index is 0.144. The van der Waals surface area contributed by atoms with Gasteiger partial charge in [-0.1, -0.05) is 0 Å². The molecule has 0 aromatic heterocycles. The highest BCUT2D eigenvalue weighted by atomic mass is 19.2. The first-order chi connectivity index (χ1) is 9.52. The number of ether oxygens (including phenoxy) is 1. The van der Waals surface area contributed by atoms with Crippen LogP contribution in [0.25, 0.3) is 0 Å². The highest BCUT2D eigenvalue weighted by molar-refractivity contribution is 5.96. The average Bonchev–Trinajstić information content (AvgIpc) is 2.91. The largest absolute Gasteiger partial charge is 0.453 e. The van der Waals surface area contributed by atoms with Crippen LogP contribution in [0, 0.1) is 11.6 Å². The fourth-order valence-corrected chi connectivity index (χ4v) is 2.17. The van der Waals surface area contributed by atoms with E-state index in [1.807, 2.05) is 0 Å². The molecule has 1 heterocycles. The van der Waals surface area contributed by atoms with Gasteiger partial charge in [0.2, 0.25) is 5.91 Å². The Morgan fingerprint density at radius 3 is 2.75 bits per heavy atom. The first-order valence-electron chi connectivity index (χ1n) is 6.13. The number of amides is 2. The number of benzene rings is 1. The molecule has 1 N–H and O–H groups in total. The molecule has 1 aromatic rings. The molecular weight excluding hydrogens is 270 g/mol. The van der Waals surface area contributed by atoms with Gasteiger partial charge in [-0.05, 0) is 25.0 Å². The molecule has 108 valence electrons. The number of nitrogens with zero attached hydrogens (tertiary/aromatic N) is 1. The summed E-state index contributed by atoms with van der Waals surface area (Å²) in [5, 5.41) is 2.47. The maximum atomic E-state index is 13.1. The lowest BCUT2D eigenvalue weighted by Gasteiger charge is -2.22. The highest BCUT2D eigenvalue weighted by Gasteiger charge is 2.34. The summed E-state index contributed by atoms with van der Waals surface area (Å²) in [5.74, 6) is -2.47. The van der Waals surface area contributed by atoms with E-state index in [1.54, 1.807) is 0 Å². The predicted octanol–water partition coefficient (Wildman–Crippen LogP) is 2.13. The molecule has 5 nitrogen and oxygen atoms in total. The van der Waals surface area contributed by atoms with E-state index in [0.717, 1.165) is 12.1 Å². The number of carbonyl (C=O) groups excluding carboxylic acids is 2. The van der Waals surface area contributed by atoms with Crippen LogP contribution in [0.5, 0.6) is 0 Å². The topological polar surface area (TPSA) is 58.6 Å². The molecule has 1 saturated heterocycles. The van der Waals surface area contributed by atoms with Crippen molar-refractivity contribution < 1.29 is 23.1 Å². The van der Waals surface area contributed by atoms with Crippen molar-refractivity contribution in [3.63, 3.8) is 0 Å². The Morgan fingerprint density at radius 1 is 1.35 bits per heavy atom. The van der Waals surface area contributed by atoms with Gasteiger partial charge in [-0.25, -0.2) is 13.6 Å². The van der Waals surface area contributed by atoms with Crippen molar-refractivity contribution in [1.82, 2.24) is 4.90 Å². The van der Waals surface area contributed by atoms with E-state index in [9.17, 15) is 18.4 Å². The smallest absolute Gasteiger partial charge is 0.410 e. The van der Waals surface area contributed by atoms with Gasteiger partial charge < -0.3 is 10.1 Å².